The highest BCUT2D eigenvalue weighted by atomic mass is 16.5. The van der Waals surface area contributed by atoms with Crippen LogP contribution in [0.25, 0.3) is 0 Å². The van der Waals surface area contributed by atoms with Gasteiger partial charge in [0.25, 0.3) is 5.91 Å². The second-order valence-electron chi connectivity index (χ2n) is 6.21. The van der Waals surface area contributed by atoms with Crippen LogP contribution in [-0.4, -0.2) is 44.7 Å². The van der Waals surface area contributed by atoms with E-state index < -0.39 is 11.9 Å². The van der Waals surface area contributed by atoms with Gasteiger partial charge in [0.15, 0.2) is 6.61 Å². The highest BCUT2D eigenvalue weighted by Gasteiger charge is 2.23. The van der Waals surface area contributed by atoms with Gasteiger partial charge in [-0.1, -0.05) is 12.1 Å². The monoisotopic (exact) mass is 390 g/mol. The Morgan fingerprint density at radius 1 is 1.32 bits per heavy atom. The van der Waals surface area contributed by atoms with Crippen molar-refractivity contribution in [1.82, 2.24) is 10.6 Å². The van der Waals surface area contributed by atoms with Gasteiger partial charge in [0.2, 0.25) is 5.91 Å². The number of rotatable bonds is 10. The van der Waals surface area contributed by atoms with Crippen molar-refractivity contribution >= 4 is 17.8 Å². The number of nitrogens with one attached hydrogen (secondary N) is 2. The van der Waals surface area contributed by atoms with Gasteiger partial charge in [-0.3, -0.25) is 9.59 Å². The predicted molar refractivity (Wildman–Crippen MR) is 102 cm³/mol. The summed E-state index contributed by atoms with van der Waals surface area (Å²) in [7, 11) is 1.54. The first-order chi connectivity index (χ1) is 13.5. The molecule has 0 unspecified atom stereocenters. The Bertz CT molecular complexity index is 731. The molecule has 0 aromatic heterocycles. The molecular weight excluding hydrogens is 364 g/mol. The second-order valence-corrected chi connectivity index (χ2v) is 6.21. The molecule has 152 valence electrons. The zero-order valence-electron chi connectivity index (χ0n) is 16.2. The van der Waals surface area contributed by atoms with Gasteiger partial charge >= 0.3 is 5.97 Å². The van der Waals surface area contributed by atoms with E-state index >= 15 is 0 Å². The highest BCUT2D eigenvalue weighted by Crippen LogP contribution is 2.19. The van der Waals surface area contributed by atoms with Crippen molar-refractivity contribution in [2.24, 2.45) is 5.92 Å². The summed E-state index contributed by atoms with van der Waals surface area (Å²) >= 11 is 0. The minimum atomic E-state index is -0.617. The Labute approximate surface area is 164 Å². The summed E-state index contributed by atoms with van der Waals surface area (Å²) in [5, 5.41) is 5.30. The van der Waals surface area contributed by atoms with Crippen LogP contribution in [0.5, 0.6) is 11.5 Å². The standard InChI is InChI=1S/C20H26N2O6/c1-3-27-20(25)17(9-4-6-14-10-11-21-19(14)24)22-18(23)13-28-16-8-5-7-15(12-16)26-2/h5,7-9,12,14H,3-4,6,10-11,13H2,1-2H3,(H,21,24)(H,22,23)/t14-/m0/s1. The molecule has 1 aromatic rings. The molecule has 8 nitrogen and oxygen atoms in total. The lowest BCUT2D eigenvalue weighted by Gasteiger charge is -2.11. The van der Waals surface area contributed by atoms with Crippen LogP contribution in [0.4, 0.5) is 0 Å². The van der Waals surface area contributed by atoms with Gasteiger partial charge in [-0.05, 0) is 38.3 Å². The number of hydrogen-bond donors (Lipinski definition) is 2. The number of ether oxygens (including phenoxy) is 3. The third kappa shape index (κ3) is 6.61. The molecule has 0 bridgehead atoms. The summed E-state index contributed by atoms with van der Waals surface area (Å²) in [5.74, 6) is -0.0492. The fourth-order valence-electron chi connectivity index (χ4n) is 2.77. The molecule has 8 heteroatoms. The first-order valence-electron chi connectivity index (χ1n) is 9.25. The summed E-state index contributed by atoms with van der Waals surface area (Å²) in [6.45, 7) is 2.29. The van der Waals surface area contributed by atoms with Gasteiger partial charge in [0.1, 0.15) is 17.2 Å². The minimum absolute atomic E-state index is 0.0295. The van der Waals surface area contributed by atoms with E-state index in [0.717, 1.165) is 6.42 Å². The largest absolute Gasteiger partial charge is 0.497 e. The van der Waals surface area contributed by atoms with Crippen molar-refractivity contribution < 1.29 is 28.6 Å². The molecule has 1 heterocycles. The molecule has 0 radical (unpaired) electrons. The molecule has 0 spiro atoms. The third-order valence-corrected chi connectivity index (χ3v) is 4.21. The Morgan fingerprint density at radius 3 is 2.79 bits per heavy atom. The van der Waals surface area contributed by atoms with Crippen LogP contribution in [0.1, 0.15) is 26.2 Å². The van der Waals surface area contributed by atoms with Gasteiger partial charge in [0, 0.05) is 18.5 Å². The summed E-state index contributed by atoms with van der Waals surface area (Å²) in [4.78, 5) is 35.9. The van der Waals surface area contributed by atoms with Gasteiger partial charge in [-0.25, -0.2) is 4.79 Å². The lowest BCUT2D eigenvalue weighted by Crippen LogP contribution is -2.32. The maximum Gasteiger partial charge on any atom is 0.354 e. The molecule has 1 aliphatic heterocycles. The number of allylic oxidation sites excluding steroid dienone is 1. The number of amides is 2. The number of carbonyl (C=O) groups excluding carboxylic acids is 3. The lowest BCUT2D eigenvalue weighted by atomic mass is 10.0. The summed E-state index contributed by atoms with van der Waals surface area (Å²) in [6.07, 6.45) is 3.45. The fourth-order valence-corrected chi connectivity index (χ4v) is 2.77. The molecule has 2 N–H and O–H groups in total. The van der Waals surface area contributed by atoms with Gasteiger partial charge in [0.05, 0.1) is 13.7 Å². The molecule has 28 heavy (non-hydrogen) atoms. The lowest BCUT2D eigenvalue weighted by molar-refractivity contribution is -0.140. The van der Waals surface area contributed by atoms with E-state index in [1.54, 1.807) is 37.3 Å². The Hall–Kier alpha value is -3.03. The Morgan fingerprint density at radius 2 is 2.11 bits per heavy atom. The summed E-state index contributed by atoms with van der Waals surface area (Å²) < 4.78 is 15.5. The highest BCUT2D eigenvalue weighted by molar-refractivity contribution is 5.94. The van der Waals surface area contributed by atoms with E-state index in [2.05, 4.69) is 10.6 Å². The van der Waals surface area contributed by atoms with Crippen LogP contribution < -0.4 is 20.1 Å². The van der Waals surface area contributed by atoms with E-state index in [1.807, 2.05) is 0 Å². The van der Waals surface area contributed by atoms with Crippen LogP contribution in [0.2, 0.25) is 0 Å². The molecule has 2 amide bonds. The van der Waals surface area contributed by atoms with Crippen molar-refractivity contribution in [3.8, 4) is 11.5 Å². The number of esters is 1. The van der Waals surface area contributed by atoms with Gasteiger partial charge in [-0.15, -0.1) is 0 Å². The smallest absolute Gasteiger partial charge is 0.354 e. The molecule has 0 saturated carbocycles. The predicted octanol–water partition coefficient (Wildman–Crippen LogP) is 1.55. The molecule has 0 aliphatic carbocycles. The van der Waals surface area contributed by atoms with Crippen molar-refractivity contribution in [1.29, 1.82) is 0 Å². The minimum Gasteiger partial charge on any atom is -0.497 e. The molecular formula is C20H26N2O6. The summed E-state index contributed by atoms with van der Waals surface area (Å²) in [5.41, 5.74) is 0.0551. The van der Waals surface area contributed by atoms with Crippen molar-refractivity contribution in [2.75, 3.05) is 26.9 Å². The SMILES string of the molecule is CCOC(=O)C(=CCC[C@H]1CCNC1=O)NC(=O)COc1cccc(OC)c1. The van der Waals surface area contributed by atoms with Gasteiger partial charge < -0.3 is 24.8 Å². The first kappa shape index (κ1) is 21.3. The van der Waals surface area contributed by atoms with Crippen molar-refractivity contribution in [2.45, 2.75) is 26.2 Å². The Balaban J connectivity index is 1.90. The van der Waals surface area contributed by atoms with Crippen LogP contribution in [-0.2, 0) is 19.1 Å². The van der Waals surface area contributed by atoms with E-state index in [1.165, 1.54) is 7.11 Å². The maximum absolute atomic E-state index is 12.2. The quantitative estimate of drug-likeness (QED) is 0.464. The average Bonchev–Trinajstić information content (AvgIpc) is 3.10. The molecule has 1 atom stereocenters. The first-order valence-corrected chi connectivity index (χ1v) is 9.25. The van der Waals surface area contributed by atoms with Crippen LogP contribution >= 0.6 is 0 Å². The second kappa shape index (κ2) is 11.0. The number of methoxy groups -OCH3 is 1. The van der Waals surface area contributed by atoms with Crippen molar-refractivity contribution in [3.05, 3.63) is 36.0 Å². The number of hydrogen-bond acceptors (Lipinski definition) is 6. The number of carbonyl (C=O) groups is 3. The zero-order chi connectivity index (χ0) is 20.4. The molecule has 1 aromatic carbocycles. The van der Waals surface area contributed by atoms with Crippen LogP contribution in [0.3, 0.4) is 0 Å². The fraction of sp³-hybridized carbons (Fsp3) is 0.450. The Kier molecular flexibility index (Phi) is 8.33. The summed E-state index contributed by atoms with van der Waals surface area (Å²) in [6, 6.07) is 6.86. The molecule has 1 saturated heterocycles. The topological polar surface area (TPSA) is 103 Å². The van der Waals surface area contributed by atoms with E-state index in [9.17, 15) is 14.4 Å². The van der Waals surface area contributed by atoms with Gasteiger partial charge in [-0.2, -0.15) is 0 Å². The maximum atomic E-state index is 12.2. The van der Waals surface area contributed by atoms with E-state index in [4.69, 9.17) is 14.2 Å². The molecule has 1 fully saturated rings. The normalized spacial score (nSPS) is 16.3. The number of benzene rings is 1. The third-order valence-electron chi connectivity index (χ3n) is 4.21. The van der Waals surface area contributed by atoms with Crippen LogP contribution in [0.15, 0.2) is 36.0 Å². The molecule has 1 aliphatic rings. The zero-order valence-corrected chi connectivity index (χ0v) is 16.2. The van der Waals surface area contributed by atoms with E-state index in [-0.39, 0.29) is 30.7 Å². The van der Waals surface area contributed by atoms with E-state index in [0.29, 0.717) is 30.9 Å². The average molecular weight is 390 g/mol. The molecule has 2 rings (SSSR count). The van der Waals surface area contributed by atoms with Crippen molar-refractivity contribution in [3.63, 3.8) is 0 Å². The van der Waals surface area contributed by atoms with Crippen LogP contribution in [0, 0.1) is 5.92 Å².